The molecular weight excluding hydrogens is 345 g/mol. The number of piperazine rings is 1. The largest absolute Gasteiger partial charge is 0.355 e. The third-order valence-electron chi connectivity index (χ3n) is 4.23. The fourth-order valence-electron chi connectivity index (χ4n) is 2.70. The van der Waals surface area contributed by atoms with E-state index < -0.39 is 5.82 Å². The molecule has 0 saturated carbocycles. The van der Waals surface area contributed by atoms with Crippen molar-refractivity contribution in [2.24, 2.45) is 5.92 Å². The first-order valence-electron chi connectivity index (χ1n) is 8.60. The van der Waals surface area contributed by atoms with Gasteiger partial charge in [-0.05, 0) is 30.5 Å². The van der Waals surface area contributed by atoms with Crippen molar-refractivity contribution in [3.63, 3.8) is 0 Å². The second-order valence-corrected chi connectivity index (χ2v) is 7.16. The number of halogens is 2. The topological polar surface area (TPSA) is 52.7 Å². The SMILES string of the molecule is CC(C)CCNC(=O)CN1CCN(C(=O)c2cc(Cl)ccc2F)CC1. The highest BCUT2D eigenvalue weighted by Gasteiger charge is 2.25. The third kappa shape index (κ3) is 5.97. The zero-order valence-corrected chi connectivity index (χ0v) is 15.5. The average Bonchev–Trinajstić information content (AvgIpc) is 2.57. The van der Waals surface area contributed by atoms with Crippen LogP contribution in [0.1, 0.15) is 30.6 Å². The lowest BCUT2D eigenvalue weighted by molar-refractivity contribution is -0.122. The van der Waals surface area contributed by atoms with Crippen molar-refractivity contribution in [3.8, 4) is 0 Å². The highest BCUT2D eigenvalue weighted by atomic mass is 35.5. The summed E-state index contributed by atoms with van der Waals surface area (Å²) < 4.78 is 13.8. The van der Waals surface area contributed by atoms with Crippen LogP contribution in [0.5, 0.6) is 0 Å². The van der Waals surface area contributed by atoms with Crippen molar-refractivity contribution in [1.29, 1.82) is 0 Å². The van der Waals surface area contributed by atoms with Gasteiger partial charge in [-0.15, -0.1) is 0 Å². The van der Waals surface area contributed by atoms with Crippen LogP contribution in [0.25, 0.3) is 0 Å². The summed E-state index contributed by atoms with van der Waals surface area (Å²) >= 11 is 5.85. The van der Waals surface area contributed by atoms with E-state index in [9.17, 15) is 14.0 Å². The zero-order chi connectivity index (χ0) is 18.4. The minimum Gasteiger partial charge on any atom is -0.355 e. The Bertz CT molecular complexity index is 616. The number of rotatable bonds is 6. The van der Waals surface area contributed by atoms with Crippen molar-refractivity contribution >= 4 is 23.4 Å². The first kappa shape index (κ1) is 19.7. The molecular formula is C18H25ClFN3O2. The first-order chi connectivity index (χ1) is 11.9. The van der Waals surface area contributed by atoms with Crippen LogP contribution in [-0.4, -0.2) is 60.9 Å². The molecule has 0 radical (unpaired) electrons. The molecule has 2 amide bonds. The van der Waals surface area contributed by atoms with E-state index in [-0.39, 0.29) is 17.4 Å². The molecule has 5 nitrogen and oxygen atoms in total. The number of carbonyl (C=O) groups is 2. The van der Waals surface area contributed by atoms with E-state index in [2.05, 4.69) is 19.2 Å². The molecule has 25 heavy (non-hydrogen) atoms. The Hall–Kier alpha value is -1.66. The van der Waals surface area contributed by atoms with Gasteiger partial charge in [0.25, 0.3) is 5.91 Å². The Balaban J connectivity index is 1.80. The van der Waals surface area contributed by atoms with Gasteiger partial charge in [0.1, 0.15) is 5.82 Å². The van der Waals surface area contributed by atoms with Gasteiger partial charge in [-0.1, -0.05) is 25.4 Å². The summed E-state index contributed by atoms with van der Waals surface area (Å²) in [5.41, 5.74) is -0.00706. The maximum Gasteiger partial charge on any atom is 0.256 e. The Kier molecular flexibility index (Phi) is 7.20. The summed E-state index contributed by atoms with van der Waals surface area (Å²) in [5.74, 6) is -0.370. The minimum absolute atomic E-state index is 0.00121. The fourth-order valence-corrected chi connectivity index (χ4v) is 2.87. The Morgan fingerprint density at radius 3 is 2.56 bits per heavy atom. The van der Waals surface area contributed by atoms with Gasteiger partial charge < -0.3 is 10.2 Å². The number of benzene rings is 1. The highest BCUT2D eigenvalue weighted by Crippen LogP contribution is 2.17. The van der Waals surface area contributed by atoms with Crippen LogP contribution in [0.15, 0.2) is 18.2 Å². The molecule has 1 fully saturated rings. The summed E-state index contributed by atoms with van der Waals surface area (Å²) in [6.45, 7) is 7.34. The second-order valence-electron chi connectivity index (χ2n) is 6.72. The summed E-state index contributed by atoms with van der Waals surface area (Å²) in [4.78, 5) is 28.0. The molecule has 0 unspecified atom stereocenters. The molecule has 1 aliphatic heterocycles. The van der Waals surface area contributed by atoms with Crippen LogP contribution in [0.2, 0.25) is 5.02 Å². The molecule has 0 aromatic heterocycles. The van der Waals surface area contributed by atoms with Crippen molar-refractivity contribution in [1.82, 2.24) is 15.1 Å². The number of hydrogen-bond acceptors (Lipinski definition) is 3. The van der Waals surface area contributed by atoms with E-state index in [1.165, 1.54) is 18.2 Å². The standard InChI is InChI=1S/C18H25ClFN3O2/c1-13(2)5-6-21-17(24)12-22-7-9-23(10-8-22)18(25)15-11-14(19)3-4-16(15)20/h3-4,11,13H,5-10,12H2,1-2H3,(H,21,24). The Labute approximate surface area is 153 Å². The summed E-state index contributed by atoms with van der Waals surface area (Å²) in [6.07, 6.45) is 0.958. The van der Waals surface area contributed by atoms with E-state index >= 15 is 0 Å². The van der Waals surface area contributed by atoms with Crippen molar-refractivity contribution in [2.45, 2.75) is 20.3 Å². The molecule has 2 rings (SSSR count). The predicted molar refractivity (Wildman–Crippen MR) is 96.2 cm³/mol. The number of carbonyl (C=O) groups excluding carboxylic acids is 2. The van der Waals surface area contributed by atoms with Crippen LogP contribution in [0.3, 0.4) is 0 Å². The first-order valence-corrected chi connectivity index (χ1v) is 8.98. The highest BCUT2D eigenvalue weighted by molar-refractivity contribution is 6.31. The number of nitrogens with zero attached hydrogens (tertiary/aromatic N) is 2. The molecule has 0 atom stereocenters. The number of amides is 2. The van der Waals surface area contributed by atoms with E-state index in [1.54, 1.807) is 4.90 Å². The van der Waals surface area contributed by atoms with Crippen LogP contribution >= 0.6 is 11.6 Å². The normalized spacial score (nSPS) is 15.5. The van der Waals surface area contributed by atoms with Crippen LogP contribution in [0, 0.1) is 11.7 Å². The van der Waals surface area contributed by atoms with Gasteiger partial charge in [-0.3, -0.25) is 14.5 Å². The lowest BCUT2D eigenvalue weighted by Gasteiger charge is -2.34. The monoisotopic (exact) mass is 369 g/mol. The average molecular weight is 370 g/mol. The van der Waals surface area contributed by atoms with Gasteiger partial charge in [-0.2, -0.15) is 0 Å². The van der Waals surface area contributed by atoms with E-state index in [0.717, 1.165) is 6.42 Å². The smallest absolute Gasteiger partial charge is 0.256 e. The molecule has 0 aliphatic carbocycles. The molecule has 1 aromatic carbocycles. The molecule has 1 heterocycles. The van der Waals surface area contributed by atoms with Gasteiger partial charge in [0.05, 0.1) is 12.1 Å². The molecule has 7 heteroatoms. The van der Waals surface area contributed by atoms with Crippen molar-refractivity contribution < 1.29 is 14.0 Å². The minimum atomic E-state index is -0.568. The van der Waals surface area contributed by atoms with Gasteiger partial charge in [0.2, 0.25) is 5.91 Å². The Morgan fingerprint density at radius 2 is 1.92 bits per heavy atom. The lowest BCUT2D eigenvalue weighted by Crippen LogP contribution is -2.51. The molecule has 1 saturated heterocycles. The molecule has 0 spiro atoms. The Morgan fingerprint density at radius 1 is 1.24 bits per heavy atom. The van der Waals surface area contributed by atoms with Crippen molar-refractivity contribution in [3.05, 3.63) is 34.6 Å². The predicted octanol–water partition coefficient (Wildman–Crippen LogP) is 2.40. The zero-order valence-electron chi connectivity index (χ0n) is 14.7. The van der Waals surface area contributed by atoms with Gasteiger partial charge in [0, 0.05) is 37.7 Å². The second kappa shape index (κ2) is 9.15. The molecule has 1 aliphatic rings. The van der Waals surface area contributed by atoms with Crippen molar-refractivity contribution in [2.75, 3.05) is 39.3 Å². The molecule has 138 valence electrons. The van der Waals surface area contributed by atoms with Gasteiger partial charge in [-0.25, -0.2) is 4.39 Å². The molecule has 1 aromatic rings. The maximum atomic E-state index is 13.8. The van der Waals surface area contributed by atoms with Crippen LogP contribution in [0.4, 0.5) is 4.39 Å². The maximum absolute atomic E-state index is 13.8. The summed E-state index contributed by atoms with van der Waals surface area (Å²) in [7, 11) is 0. The summed E-state index contributed by atoms with van der Waals surface area (Å²) in [5, 5.41) is 3.24. The quantitative estimate of drug-likeness (QED) is 0.837. The van der Waals surface area contributed by atoms with Gasteiger partial charge in [0.15, 0.2) is 0 Å². The molecule has 1 N–H and O–H groups in total. The molecule has 0 bridgehead atoms. The van der Waals surface area contributed by atoms with Crippen LogP contribution in [-0.2, 0) is 4.79 Å². The van der Waals surface area contributed by atoms with Crippen LogP contribution < -0.4 is 5.32 Å². The van der Waals surface area contributed by atoms with Gasteiger partial charge >= 0.3 is 0 Å². The van der Waals surface area contributed by atoms with E-state index in [0.29, 0.717) is 50.2 Å². The third-order valence-corrected chi connectivity index (χ3v) is 4.46. The fraction of sp³-hybridized carbons (Fsp3) is 0.556. The number of nitrogens with one attached hydrogen (secondary N) is 1. The lowest BCUT2D eigenvalue weighted by atomic mass is 10.1. The summed E-state index contributed by atoms with van der Waals surface area (Å²) in [6, 6.07) is 3.98. The number of hydrogen-bond donors (Lipinski definition) is 1. The van der Waals surface area contributed by atoms with E-state index in [1.807, 2.05) is 4.90 Å². The van der Waals surface area contributed by atoms with E-state index in [4.69, 9.17) is 11.6 Å².